The third kappa shape index (κ3) is 1.25. The number of ether oxygens (including phenoxy) is 1. The van der Waals surface area contributed by atoms with Crippen molar-refractivity contribution in [3.05, 3.63) is 12.4 Å². The van der Waals surface area contributed by atoms with Gasteiger partial charge in [-0.15, -0.1) is 5.11 Å². The van der Waals surface area contributed by atoms with E-state index in [0.717, 1.165) is 0 Å². The highest BCUT2D eigenvalue weighted by Gasteiger charge is 1.93. The Hall–Kier alpha value is -1.52. The Morgan fingerprint density at radius 2 is 2.40 bits per heavy atom. The fraction of sp³-hybridized carbons (Fsp3) is 0.200. The lowest BCUT2D eigenvalue weighted by Crippen LogP contribution is -1.86. The van der Waals surface area contributed by atoms with E-state index >= 15 is 0 Å². The molecule has 1 aromatic rings. The van der Waals surface area contributed by atoms with Gasteiger partial charge in [-0.05, 0) is 0 Å². The second-order valence-corrected chi connectivity index (χ2v) is 1.53. The van der Waals surface area contributed by atoms with Crippen molar-refractivity contribution in [1.29, 1.82) is 5.53 Å². The minimum atomic E-state index is 0.298. The van der Waals surface area contributed by atoms with Crippen molar-refractivity contribution in [1.82, 2.24) is 9.97 Å². The maximum atomic E-state index is 6.59. The summed E-state index contributed by atoms with van der Waals surface area (Å²) >= 11 is 0. The lowest BCUT2D eigenvalue weighted by atomic mass is 10.6. The van der Waals surface area contributed by atoms with Crippen LogP contribution >= 0.6 is 0 Å². The highest BCUT2D eigenvalue weighted by atomic mass is 16.5. The molecule has 0 spiro atoms. The molecule has 0 unspecified atom stereocenters. The van der Waals surface area contributed by atoms with Crippen LogP contribution in [0.2, 0.25) is 0 Å². The highest BCUT2D eigenvalue weighted by molar-refractivity contribution is 5.28. The summed E-state index contributed by atoms with van der Waals surface area (Å²) in [6.45, 7) is 0. The SMILES string of the molecule is COc1cc(N=N)ncn1. The number of hydrogen-bond acceptors (Lipinski definition) is 5. The molecule has 10 heavy (non-hydrogen) atoms. The Bertz CT molecular complexity index is 237. The third-order valence-corrected chi connectivity index (χ3v) is 0.951. The average Bonchev–Trinajstić information content (AvgIpc) is 2.05. The van der Waals surface area contributed by atoms with E-state index in [1.165, 1.54) is 19.5 Å². The maximum Gasteiger partial charge on any atom is 0.218 e. The summed E-state index contributed by atoms with van der Waals surface area (Å²) in [6.07, 6.45) is 1.30. The molecule has 0 radical (unpaired) electrons. The van der Waals surface area contributed by atoms with E-state index in [-0.39, 0.29) is 0 Å². The third-order valence-electron chi connectivity index (χ3n) is 0.951. The molecule has 0 aliphatic heterocycles. The molecule has 52 valence electrons. The van der Waals surface area contributed by atoms with Gasteiger partial charge < -0.3 is 4.74 Å². The number of aromatic nitrogens is 2. The maximum absolute atomic E-state index is 6.59. The fourth-order valence-electron chi connectivity index (χ4n) is 0.503. The van der Waals surface area contributed by atoms with Crippen LogP contribution in [0.15, 0.2) is 17.5 Å². The first kappa shape index (κ1) is 6.60. The van der Waals surface area contributed by atoms with Crippen molar-refractivity contribution < 1.29 is 4.74 Å². The predicted molar refractivity (Wildman–Crippen MR) is 33.4 cm³/mol. The number of nitrogens with zero attached hydrogens (tertiary/aromatic N) is 3. The van der Waals surface area contributed by atoms with Gasteiger partial charge >= 0.3 is 0 Å². The highest BCUT2D eigenvalue weighted by Crippen LogP contribution is 2.11. The molecular formula is C5H6N4O. The molecule has 1 aromatic heterocycles. The van der Waals surface area contributed by atoms with Gasteiger partial charge in [-0.25, -0.2) is 15.5 Å². The van der Waals surface area contributed by atoms with Gasteiger partial charge in [0.25, 0.3) is 0 Å². The van der Waals surface area contributed by atoms with Crippen LogP contribution < -0.4 is 4.74 Å². The summed E-state index contributed by atoms with van der Waals surface area (Å²) < 4.78 is 4.76. The summed E-state index contributed by atoms with van der Waals surface area (Å²) in [5.41, 5.74) is 6.59. The standard InChI is InChI=1S/C5H6N4O/c1-10-5-2-4(9-6)7-3-8-5/h2-3,6H,1H3. The van der Waals surface area contributed by atoms with Crippen molar-refractivity contribution in [3.63, 3.8) is 0 Å². The number of hydrogen-bond donors (Lipinski definition) is 1. The van der Waals surface area contributed by atoms with Crippen LogP contribution in [0.3, 0.4) is 0 Å². The van der Waals surface area contributed by atoms with Crippen LogP contribution in [0.25, 0.3) is 0 Å². The molecule has 0 fully saturated rings. The zero-order chi connectivity index (χ0) is 7.40. The van der Waals surface area contributed by atoms with Crippen LogP contribution in [-0.4, -0.2) is 17.1 Å². The Morgan fingerprint density at radius 1 is 1.60 bits per heavy atom. The normalized spacial score (nSPS) is 8.90. The van der Waals surface area contributed by atoms with Gasteiger partial charge in [0.1, 0.15) is 6.33 Å². The zero-order valence-electron chi connectivity index (χ0n) is 5.40. The summed E-state index contributed by atoms with van der Waals surface area (Å²) in [5, 5.41) is 3.10. The molecule has 5 nitrogen and oxygen atoms in total. The second kappa shape index (κ2) is 2.86. The molecule has 0 aliphatic carbocycles. The van der Waals surface area contributed by atoms with Crippen molar-refractivity contribution in [3.8, 4) is 5.88 Å². The molecule has 0 aliphatic rings. The molecule has 1 heterocycles. The van der Waals surface area contributed by atoms with Crippen LogP contribution in [0, 0.1) is 5.53 Å². The number of methoxy groups -OCH3 is 1. The Balaban J connectivity index is 2.98. The molecule has 0 saturated carbocycles. The molecule has 0 aromatic carbocycles. The molecule has 1 N–H and O–H groups in total. The van der Waals surface area contributed by atoms with E-state index in [0.29, 0.717) is 11.7 Å². The topological polar surface area (TPSA) is 71.2 Å². The van der Waals surface area contributed by atoms with Crippen LogP contribution in [0.4, 0.5) is 5.82 Å². The largest absolute Gasteiger partial charge is 0.481 e. The first-order valence-electron chi connectivity index (χ1n) is 2.60. The van der Waals surface area contributed by atoms with Crippen LogP contribution in [-0.2, 0) is 0 Å². The minimum Gasteiger partial charge on any atom is -0.481 e. The smallest absolute Gasteiger partial charge is 0.218 e. The predicted octanol–water partition coefficient (Wildman–Crippen LogP) is 1.15. The first-order valence-corrected chi connectivity index (χ1v) is 2.60. The Morgan fingerprint density at radius 3 is 3.00 bits per heavy atom. The molecule has 5 heteroatoms. The van der Waals surface area contributed by atoms with Gasteiger partial charge in [0, 0.05) is 6.07 Å². The molecule has 0 bridgehead atoms. The monoisotopic (exact) mass is 138 g/mol. The van der Waals surface area contributed by atoms with E-state index in [4.69, 9.17) is 10.3 Å². The number of rotatable bonds is 2. The van der Waals surface area contributed by atoms with E-state index in [1.54, 1.807) is 0 Å². The van der Waals surface area contributed by atoms with Crippen molar-refractivity contribution in [2.24, 2.45) is 5.11 Å². The molecule has 0 saturated heterocycles. The zero-order valence-corrected chi connectivity index (χ0v) is 5.40. The summed E-state index contributed by atoms with van der Waals surface area (Å²) in [5.74, 6) is 0.716. The molecular weight excluding hydrogens is 132 g/mol. The summed E-state index contributed by atoms with van der Waals surface area (Å²) in [7, 11) is 1.50. The van der Waals surface area contributed by atoms with Crippen LogP contribution in [0.1, 0.15) is 0 Å². The van der Waals surface area contributed by atoms with Crippen LogP contribution in [0.5, 0.6) is 5.88 Å². The van der Waals surface area contributed by atoms with Crippen molar-refractivity contribution in [2.45, 2.75) is 0 Å². The second-order valence-electron chi connectivity index (χ2n) is 1.53. The molecule has 0 atom stereocenters. The lowest BCUT2D eigenvalue weighted by molar-refractivity contribution is 0.397. The number of nitrogens with one attached hydrogen (secondary N) is 1. The van der Waals surface area contributed by atoms with Gasteiger partial charge in [0.05, 0.1) is 7.11 Å². The van der Waals surface area contributed by atoms with Crippen molar-refractivity contribution >= 4 is 5.82 Å². The minimum absolute atomic E-state index is 0.298. The lowest BCUT2D eigenvalue weighted by Gasteiger charge is -1.95. The summed E-state index contributed by atoms with van der Waals surface area (Å²) in [6, 6.07) is 1.48. The van der Waals surface area contributed by atoms with Crippen molar-refractivity contribution in [2.75, 3.05) is 7.11 Å². The van der Waals surface area contributed by atoms with Gasteiger partial charge in [-0.3, -0.25) is 0 Å². The summed E-state index contributed by atoms with van der Waals surface area (Å²) in [4.78, 5) is 7.39. The Labute approximate surface area is 57.6 Å². The fourth-order valence-corrected chi connectivity index (χ4v) is 0.503. The Kier molecular flexibility index (Phi) is 1.89. The quantitative estimate of drug-likeness (QED) is 0.623. The molecule has 0 amide bonds. The van der Waals surface area contributed by atoms with E-state index in [2.05, 4.69) is 15.1 Å². The van der Waals surface area contributed by atoms with E-state index in [1.807, 2.05) is 0 Å². The van der Waals surface area contributed by atoms with Gasteiger partial charge in [0.2, 0.25) is 5.88 Å². The molecule has 1 rings (SSSR count). The van der Waals surface area contributed by atoms with Gasteiger partial charge in [-0.2, -0.15) is 0 Å². The van der Waals surface area contributed by atoms with E-state index in [9.17, 15) is 0 Å². The van der Waals surface area contributed by atoms with Gasteiger partial charge in [-0.1, -0.05) is 0 Å². The first-order chi connectivity index (χ1) is 4.86. The van der Waals surface area contributed by atoms with Gasteiger partial charge in [0.15, 0.2) is 5.82 Å². The average molecular weight is 138 g/mol. The van der Waals surface area contributed by atoms with E-state index < -0.39 is 0 Å².